The highest BCUT2D eigenvalue weighted by Gasteiger charge is 2.07. The number of nitrogens with zero attached hydrogens (tertiary/aromatic N) is 1. The van der Waals surface area contributed by atoms with Gasteiger partial charge in [0, 0.05) is 30.8 Å². The van der Waals surface area contributed by atoms with E-state index in [1.54, 1.807) is 0 Å². The molecule has 2 amide bonds. The SMILES string of the molecule is COC(=O)C=CC(=O)N(O)CCCCCNCCCCCC(=O)Nc1ccccc1. The third kappa shape index (κ3) is 12.7. The fourth-order valence-corrected chi connectivity index (χ4v) is 2.67. The summed E-state index contributed by atoms with van der Waals surface area (Å²) < 4.78 is 4.38. The summed E-state index contributed by atoms with van der Waals surface area (Å²) in [5.74, 6) is -1.24. The Balaban J connectivity index is 1.91. The number of anilines is 1. The van der Waals surface area contributed by atoms with Gasteiger partial charge in [0.05, 0.1) is 7.11 Å². The number of hydrogen-bond donors (Lipinski definition) is 3. The van der Waals surface area contributed by atoms with E-state index in [1.165, 1.54) is 7.11 Å². The minimum atomic E-state index is -0.643. The van der Waals surface area contributed by atoms with E-state index < -0.39 is 11.9 Å². The van der Waals surface area contributed by atoms with Gasteiger partial charge in [0.2, 0.25) is 5.91 Å². The maximum absolute atomic E-state index is 11.8. The zero-order valence-electron chi connectivity index (χ0n) is 17.6. The van der Waals surface area contributed by atoms with Gasteiger partial charge in [-0.15, -0.1) is 0 Å². The van der Waals surface area contributed by atoms with Crippen molar-refractivity contribution in [3.63, 3.8) is 0 Å². The number of rotatable bonds is 15. The lowest BCUT2D eigenvalue weighted by molar-refractivity contribution is -0.159. The molecule has 0 unspecified atom stereocenters. The fourth-order valence-electron chi connectivity index (χ4n) is 2.67. The number of hydroxylamine groups is 2. The minimum absolute atomic E-state index is 0.0476. The molecule has 1 rings (SSSR count). The van der Waals surface area contributed by atoms with Crippen LogP contribution in [0.1, 0.15) is 44.9 Å². The average molecular weight is 420 g/mol. The van der Waals surface area contributed by atoms with Crippen molar-refractivity contribution >= 4 is 23.5 Å². The Hall–Kier alpha value is -2.71. The average Bonchev–Trinajstić information content (AvgIpc) is 2.75. The number of amides is 2. The zero-order chi connectivity index (χ0) is 22.0. The number of unbranched alkanes of at least 4 members (excludes halogenated alkanes) is 4. The summed E-state index contributed by atoms with van der Waals surface area (Å²) >= 11 is 0. The Bertz CT molecular complexity index is 664. The van der Waals surface area contributed by atoms with Crippen LogP contribution in [-0.2, 0) is 19.1 Å². The standard InChI is InChI=1S/C22H33N3O5/c1-30-22(28)15-14-21(27)25(29)18-10-4-9-17-23-16-8-3-7-13-20(26)24-19-11-5-2-6-12-19/h2,5-6,11-12,14-15,23,29H,3-4,7-10,13,16-18H2,1H3,(H,24,26). The molecule has 0 fully saturated rings. The Labute approximate surface area is 178 Å². The number of nitrogens with one attached hydrogen (secondary N) is 2. The molecule has 8 heteroatoms. The normalized spacial score (nSPS) is 10.7. The molecule has 30 heavy (non-hydrogen) atoms. The van der Waals surface area contributed by atoms with E-state index in [0.29, 0.717) is 17.9 Å². The predicted octanol–water partition coefficient (Wildman–Crippen LogP) is 2.89. The molecule has 0 spiro atoms. The number of methoxy groups -OCH3 is 1. The van der Waals surface area contributed by atoms with Crippen molar-refractivity contribution in [3.05, 3.63) is 42.5 Å². The van der Waals surface area contributed by atoms with Crippen LogP contribution in [0.2, 0.25) is 0 Å². The smallest absolute Gasteiger partial charge is 0.330 e. The maximum atomic E-state index is 11.8. The van der Waals surface area contributed by atoms with Crippen molar-refractivity contribution in [2.24, 2.45) is 0 Å². The van der Waals surface area contributed by atoms with Crippen LogP contribution in [-0.4, -0.2) is 54.8 Å². The molecule has 1 aromatic carbocycles. The lowest BCUT2D eigenvalue weighted by Crippen LogP contribution is -2.27. The molecular weight excluding hydrogens is 386 g/mol. The van der Waals surface area contributed by atoms with Gasteiger partial charge in [0.15, 0.2) is 0 Å². The van der Waals surface area contributed by atoms with Crippen LogP contribution in [0.25, 0.3) is 0 Å². The number of carbonyl (C=O) groups excluding carboxylic acids is 3. The summed E-state index contributed by atoms with van der Waals surface area (Å²) in [6.07, 6.45) is 7.86. The van der Waals surface area contributed by atoms with Crippen molar-refractivity contribution in [2.45, 2.75) is 44.9 Å². The van der Waals surface area contributed by atoms with Crippen molar-refractivity contribution < 1.29 is 24.3 Å². The molecule has 0 bridgehead atoms. The quantitative estimate of drug-likeness (QED) is 0.133. The highest BCUT2D eigenvalue weighted by molar-refractivity contribution is 5.94. The first-order chi connectivity index (χ1) is 14.5. The summed E-state index contributed by atoms with van der Waals surface area (Å²) in [6, 6.07) is 9.45. The zero-order valence-corrected chi connectivity index (χ0v) is 17.6. The van der Waals surface area contributed by atoms with E-state index in [0.717, 1.165) is 63.0 Å². The largest absolute Gasteiger partial charge is 0.466 e. The van der Waals surface area contributed by atoms with Gasteiger partial charge in [-0.2, -0.15) is 0 Å². The number of benzene rings is 1. The van der Waals surface area contributed by atoms with E-state index in [-0.39, 0.29) is 12.5 Å². The van der Waals surface area contributed by atoms with Crippen molar-refractivity contribution in [1.29, 1.82) is 0 Å². The summed E-state index contributed by atoms with van der Waals surface area (Å²) in [4.78, 5) is 34.3. The first-order valence-corrected chi connectivity index (χ1v) is 10.3. The topological polar surface area (TPSA) is 108 Å². The van der Waals surface area contributed by atoms with E-state index >= 15 is 0 Å². The predicted molar refractivity (Wildman–Crippen MR) is 115 cm³/mol. The highest BCUT2D eigenvalue weighted by atomic mass is 16.5. The van der Waals surface area contributed by atoms with E-state index in [9.17, 15) is 19.6 Å². The van der Waals surface area contributed by atoms with Crippen LogP contribution in [0.15, 0.2) is 42.5 Å². The molecule has 0 saturated heterocycles. The van der Waals surface area contributed by atoms with E-state index in [4.69, 9.17) is 0 Å². The molecular formula is C22H33N3O5. The summed E-state index contributed by atoms with van der Waals surface area (Å²) in [7, 11) is 1.22. The molecule has 3 N–H and O–H groups in total. The van der Waals surface area contributed by atoms with Crippen LogP contribution < -0.4 is 10.6 Å². The number of hydrogen-bond acceptors (Lipinski definition) is 6. The Morgan fingerprint density at radius 2 is 1.63 bits per heavy atom. The van der Waals surface area contributed by atoms with Crippen LogP contribution in [0, 0.1) is 0 Å². The van der Waals surface area contributed by atoms with Gasteiger partial charge in [-0.25, -0.2) is 9.86 Å². The van der Waals surface area contributed by atoms with Crippen LogP contribution in [0.3, 0.4) is 0 Å². The molecule has 0 saturated carbocycles. The second-order valence-electron chi connectivity index (χ2n) is 6.85. The van der Waals surface area contributed by atoms with Gasteiger partial charge < -0.3 is 15.4 Å². The number of ether oxygens (including phenoxy) is 1. The van der Waals surface area contributed by atoms with Crippen molar-refractivity contribution in [2.75, 3.05) is 32.1 Å². The summed E-state index contributed by atoms with van der Waals surface area (Å²) in [6.45, 7) is 1.99. The Kier molecular flexibility index (Phi) is 13.6. The van der Waals surface area contributed by atoms with Gasteiger partial charge in [0.1, 0.15) is 0 Å². The fraction of sp³-hybridized carbons (Fsp3) is 0.500. The Morgan fingerprint density at radius 1 is 0.967 bits per heavy atom. The lowest BCUT2D eigenvalue weighted by atomic mass is 10.2. The third-order valence-electron chi connectivity index (χ3n) is 4.36. The van der Waals surface area contributed by atoms with Crippen molar-refractivity contribution in [1.82, 2.24) is 10.4 Å². The molecule has 0 heterocycles. The first-order valence-electron chi connectivity index (χ1n) is 10.3. The molecule has 0 aromatic heterocycles. The third-order valence-corrected chi connectivity index (χ3v) is 4.36. The van der Waals surface area contributed by atoms with Gasteiger partial charge in [-0.05, 0) is 50.9 Å². The van der Waals surface area contributed by atoms with Crippen LogP contribution in [0.5, 0.6) is 0 Å². The molecule has 0 radical (unpaired) electrons. The summed E-state index contributed by atoms with van der Waals surface area (Å²) in [5.41, 5.74) is 0.829. The maximum Gasteiger partial charge on any atom is 0.330 e. The van der Waals surface area contributed by atoms with E-state index in [2.05, 4.69) is 15.4 Å². The van der Waals surface area contributed by atoms with Gasteiger partial charge >= 0.3 is 5.97 Å². The van der Waals surface area contributed by atoms with E-state index in [1.807, 2.05) is 30.3 Å². The molecule has 0 aliphatic heterocycles. The second kappa shape index (κ2) is 16.1. The first kappa shape index (κ1) is 25.3. The lowest BCUT2D eigenvalue weighted by Gasteiger charge is -2.12. The van der Waals surface area contributed by atoms with Crippen molar-refractivity contribution in [3.8, 4) is 0 Å². The molecule has 0 aliphatic carbocycles. The monoisotopic (exact) mass is 419 g/mol. The van der Waals surface area contributed by atoms with Gasteiger partial charge in [-0.3, -0.25) is 14.8 Å². The van der Waals surface area contributed by atoms with Crippen LogP contribution >= 0.6 is 0 Å². The Morgan fingerprint density at radius 3 is 2.30 bits per heavy atom. The molecule has 1 aromatic rings. The molecule has 0 aliphatic rings. The molecule has 166 valence electrons. The second-order valence-corrected chi connectivity index (χ2v) is 6.85. The molecule has 8 nitrogen and oxygen atoms in total. The summed E-state index contributed by atoms with van der Waals surface area (Å²) in [5, 5.41) is 16.4. The number of esters is 1. The van der Waals surface area contributed by atoms with Gasteiger partial charge in [-0.1, -0.05) is 31.0 Å². The number of carbonyl (C=O) groups is 3. The minimum Gasteiger partial charge on any atom is -0.466 e. The highest BCUT2D eigenvalue weighted by Crippen LogP contribution is 2.07. The molecule has 0 atom stereocenters. The number of para-hydroxylation sites is 1. The van der Waals surface area contributed by atoms with Crippen LogP contribution in [0.4, 0.5) is 5.69 Å². The van der Waals surface area contributed by atoms with Gasteiger partial charge in [0.25, 0.3) is 5.91 Å².